The SMILES string of the molecule is CCCC(O)CNCc1cn(C)nc1CC. The molecule has 0 aromatic carbocycles. The Morgan fingerprint density at radius 1 is 1.50 bits per heavy atom. The largest absolute Gasteiger partial charge is 0.392 e. The fraction of sp³-hybridized carbons (Fsp3) is 0.750. The molecule has 1 atom stereocenters. The van der Waals surface area contributed by atoms with Crippen molar-refractivity contribution >= 4 is 0 Å². The summed E-state index contributed by atoms with van der Waals surface area (Å²) < 4.78 is 1.85. The molecule has 0 saturated heterocycles. The van der Waals surface area contributed by atoms with Crippen molar-refractivity contribution in [1.82, 2.24) is 15.1 Å². The van der Waals surface area contributed by atoms with Gasteiger partial charge in [-0.3, -0.25) is 4.68 Å². The van der Waals surface area contributed by atoms with Crippen molar-refractivity contribution in [1.29, 1.82) is 0 Å². The molecule has 2 N–H and O–H groups in total. The smallest absolute Gasteiger partial charge is 0.0666 e. The highest BCUT2D eigenvalue weighted by Crippen LogP contribution is 2.06. The van der Waals surface area contributed by atoms with Crippen LogP contribution >= 0.6 is 0 Å². The molecule has 1 rings (SSSR count). The maximum absolute atomic E-state index is 9.58. The van der Waals surface area contributed by atoms with Gasteiger partial charge in [0.2, 0.25) is 0 Å². The molecule has 0 amide bonds. The number of aliphatic hydroxyl groups is 1. The van der Waals surface area contributed by atoms with E-state index in [2.05, 4.69) is 24.3 Å². The van der Waals surface area contributed by atoms with E-state index in [1.165, 1.54) is 5.56 Å². The Bertz CT molecular complexity index is 309. The third kappa shape index (κ3) is 3.94. The Kier molecular flexibility index (Phi) is 5.49. The first-order valence-corrected chi connectivity index (χ1v) is 6.07. The van der Waals surface area contributed by atoms with Gasteiger partial charge in [0, 0.05) is 31.9 Å². The minimum absolute atomic E-state index is 0.230. The summed E-state index contributed by atoms with van der Waals surface area (Å²) >= 11 is 0. The highest BCUT2D eigenvalue weighted by Gasteiger charge is 2.06. The first kappa shape index (κ1) is 13.2. The zero-order valence-corrected chi connectivity index (χ0v) is 10.5. The summed E-state index contributed by atoms with van der Waals surface area (Å²) in [5.41, 5.74) is 2.37. The Hall–Kier alpha value is -0.870. The lowest BCUT2D eigenvalue weighted by molar-refractivity contribution is 0.160. The van der Waals surface area contributed by atoms with Crippen LogP contribution in [0.1, 0.15) is 37.9 Å². The van der Waals surface area contributed by atoms with E-state index in [1.807, 2.05) is 17.9 Å². The summed E-state index contributed by atoms with van der Waals surface area (Å²) in [4.78, 5) is 0. The summed E-state index contributed by atoms with van der Waals surface area (Å²) in [6.45, 7) is 5.64. The van der Waals surface area contributed by atoms with Gasteiger partial charge in [0.1, 0.15) is 0 Å². The third-order valence-electron chi connectivity index (χ3n) is 2.64. The molecule has 0 fully saturated rings. The normalized spacial score (nSPS) is 13.0. The Labute approximate surface area is 97.7 Å². The zero-order chi connectivity index (χ0) is 12.0. The van der Waals surface area contributed by atoms with Gasteiger partial charge < -0.3 is 10.4 Å². The van der Waals surface area contributed by atoms with Crippen LogP contribution in [0.15, 0.2) is 6.20 Å². The van der Waals surface area contributed by atoms with Crippen molar-refractivity contribution in [2.24, 2.45) is 7.05 Å². The Balaban J connectivity index is 2.36. The van der Waals surface area contributed by atoms with Gasteiger partial charge in [0.25, 0.3) is 0 Å². The molecule has 0 radical (unpaired) electrons. The van der Waals surface area contributed by atoms with Crippen molar-refractivity contribution < 1.29 is 5.11 Å². The van der Waals surface area contributed by atoms with Crippen LogP contribution in [0, 0.1) is 0 Å². The van der Waals surface area contributed by atoms with E-state index in [-0.39, 0.29) is 6.10 Å². The number of hydrogen-bond donors (Lipinski definition) is 2. The fourth-order valence-electron chi connectivity index (χ4n) is 1.84. The molecule has 1 unspecified atom stereocenters. The predicted octanol–water partition coefficient (Wildman–Crippen LogP) is 1.23. The predicted molar refractivity (Wildman–Crippen MR) is 65.2 cm³/mol. The van der Waals surface area contributed by atoms with Crippen LogP contribution in [0.3, 0.4) is 0 Å². The van der Waals surface area contributed by atoms with Gasteiger partial charge in [-0.05, 0) is 12.8 Å². The molecule has 0 aliphatic heterocycles. The minimum atomic E-state index is -0.230. The van der Waals surface area contributed by atoms with E-state index in [1.54, 1.807) is 0 Å². The fourth-order valence-corrected chi connectivity index (χ4v) is 1.84. The topological polar surface area (TPSA) is 50.1 Å². The second kappa shape index (κ2) is 6.66. The van der Waals surface area contributed by atoms with Crippen molar-refractivity contribution in [3.63, 3.8) is 0 Å². The maximum atomic E-state index is 9.58. The molecule has 1 heterocycles. The molecule has 16 heavy (non-hydrogen) atoms. The van der Waals surface area contributed by atoms with Gasteiger partial charge >= 0.3 is 0 Å². The molecular formula is C12H23N3O. The van der Waals surface area contributed by atoms with E-state index >= 15 is 0 Å². The van der Waals surface area contributed by atoms with Gasteiger partial charge in [-0.25, -0.2) is 0 Å². The standard InChI is InChI=1S/C12H23N3O/c1-4-6-11(16)8-13-7-10-9-15(3)14-12(10)5-2/h9,11,13,16H,4-8H2,1-3H3. The van der Waals surface area contributed by atoms with E-state index < -0.39 is 0 Å². The second-order valence-electron chi connectivity index (χ2n) is 4.20. The molecule has 1 aromatic heterocycles. The van der Waals surface area contributed by atoms with Crippen LogP contribution in [0.5, 0.6) is 0 Å². The number of nitrogens with one attached hydrogen (secondary N) is 1. The highest BCUT2D eigenvalue weighted by molar-refractivity contribution is 5.16. The van der Waals surface area contributed by atoms with Crippen LogP contribution in [0.2, 0.25) is 0 Å². The molecule has 0 aliphatic rings. The van der Waals surface area contributed by atoms with Gasteiger partial charge in [0.05, 0.1) is 11.8 Å². The van der Waals surface area contributed by atoms with E-state index in [0.29, 0.717) is 6.54 Å². The lowest BCUT2D eigenvalue weighted by atomic mass is 10.2. The van der Waals surface area contributed by atoms with Crippen molar-refractivity contribution in [3.8, 4) is 0 Å². The quantitative estimate of drug-likeness (QED) is 0.734. The monoisotopic (exact) mass is 225 g/mol. The van der Waals surface area contributed by atoms with E-state index in [4.69, 9.17) is 0 Å². The Morgan fingerprint density at radius 3 is 2.88 bits per heavy atom. The highest BCUT2D eigenvalue weighted by atomic mass is 16.3. The van der Waals surface area contributed by atoms with Gasteiger partial charge in [-0.15, -0.1) is 0 Å². The third-order valence-corrected chi connectivity index (χ3v) is 2.64. The van der Waals surface area contributed by atoms with Crippen LogP contribution in [-0.4, -0.2) is 27.5 Å². The maximum Gasteiger partial charge on any atom is 0.0666 e. The molecule has 4 heteroatoms. The number of hydrogen-bond acceptors (Lipinski definition) is 3. The number of aryl methyl sites for hydroxylation is 2. The molecule has 4 nitrogen and oxygen atoms in total. The molecule has 0 spiro atoms. The molecular weight excluding hydrogens is 202 g/mol. The first-order chi connectivity index (χ1) is 7.67. The number of aromatic nitrogens is 2. The van der Waals surface area contributed by atoms with Crippen LogP contribution in [-0.2, 0) is 20.0 Å². The zero-order valence-electron chi connectivity index (χ0n) is 10.5. The average molecular weight is 225 g/mol. The average Bonchev–Trinajstić information content (AvgIpc) is 2.59. The first-order valence-electron chi connectivity index (χ1n) is 6.07. The van der Waals surface area contributed by atoms with E-state index in [9.17, 15) is 5.11 Å². The van der Waals surface area contributed by atoms with Crippen molar-refractivity contribution in [2.45, 2.75) is 45.8 Å². The molecule has 0 aliphatic carbocycles. The molecule has 1 aromatic rings. The Morgan fingerprint density at radius 2 is 2.25 bits per heavy atom. The second-order valence-corrected chi connectivity index (χ2v) is 4.20. The lowest BCUT2D eigenvalue weighted by Gasteiger charge is -2.10. The summed E-state index contributed by atoms with van der Waals surface area (Å²) in [7, 11) is 1.94. The van der Waals surface area contributed by atoms with E-state index in [0.717, 1.165) is 31.5 Å². The minimum Gasteiger partial charge on any atom is -0.392 e. The van der Waals surface area contributed by atoms with Gasteiger partial charge in [-0.1, -0.05) is 20.3 Å². The summed E-state index contributed by atoms with van der Waals surface area (Å²) in [5.74, 6) is 0. The van der Waals surface area contributed by atoms with Crippen molar-refractivity contribution in [2.75, 3.05) is 6.54 Å². The van der Waals surface area contributed by atoms with Crippen molar-refractivity contribution in [3.05, 3.63) is 17.5 Å². The molecule has 92 valence electrons. The van der Waals surface area contributed by atoms with Crippen LogP contribution in [0.25, 0.3) is 0 Å². The summed E-state index contributed by atoms with van der Waals surface area (Å²) in [6, 6.07) is 0. The summed E-state index contributed by atoms with van der Waals surface area (Å²) in [6.07, 6.45) is 4.65. The number of aliphatic hydroxyl groups excluding tert-OH is 1. The van der Waals surface area contributed by atoms with Crippen LogP contribution < -0.4 is 5.32 Å². The number of nitrogens with zero attached hydrogens (tertiary/aromatic N) is 2. The summed E-state index contributed by atoms with van der Waals surface area (Å²) in [5, 5.41) is 17.2. The molecule has 0 saturated carbocycles. The van der Waals surface area contributed by atoms with Gasteiger partial charge in [-0.2, -0.15) is 5.10 Å². The van der Waals surface area contributed by atoms with Crippen LogP contribution in [0.4, 0.5) is 0 Å². The van der Waals surface area contributed by atoms with Gasteiger partial charge in [0.15, 0.2) is 0 Å². The lowest BCUT2D eigenvalue weighted by Crippen LogP contribution is -2.26. The number of rotatable bonds is 7. The molecule has 0 bridgehead atoms.